The van der Waals surface area contributed by atoms with Gasteiger partial charge in [0.1, 0.15) is 10.8 Å². The molecule has 2 aromatic carbocycles. The molecule has 0 spiro atoms. The molecular formula is C18H18N4S. The normalized spacial score (nSPS) is 10.6. The predicted molar refractivity (Wildman–Crippen MR) is 97.3 cm³/mol. The van der Waals surface area contributed by atoms with Crippen LogP contribution in [0.1, 0.15) is 22.5 Å². The van der Waals surface area contributed by atoms with Crippen molar-refractivity contribution in [1.29, 1.82) is 0 Å². The monoisotopic (exact) mass is 322 g/mol. The fraction of sp³-hybridized carbons (Fsp3) is 0.111. The zero-order chi connectivity index (χ0) is 16.2. The maximum absolute atomic E-state index is 6.03. The molecule has 0 atom stereocenters. The number of para-hydroxylation sites is 1. The van der Waals surface area contributed by atoms with Crippen molar-refractivity contribution in [3.63, 3.8) is 0 Å². The van der Waals surface area contributed by atoms with Gasteiger partial charge in [-0.3, -0.25) is 0 Å². The van der Waals surface area contributed by atoms with Crippen molar-refractivity contribution in [3.8, 4) is 0 Å². The third-order valence-electron chi connectivity index (χ3n) is 3.77. The van der Waals surface area contributed by atoms with Crippen LogP contribution in [-0.2, 0) is 13.0 Å². The molecule has 0 bridgehead atoms. The van der Waals surface area contributed by atoms with Gasteiger partial charge in [-0.1, -0.05) is 48.6 Å². The van der Waals surface area contributed by atoms with Gasteiger partial charge in [-0.25, -0.2) is 4.98 Å². The van der Waals surface area contributed by atoms with Crippen LogP contribution in [0, 0.1) is 0 Å². The van der Waals surface area contributed by atoms with Crippen LogP contribution in [0.4, 0.5) is 5.69 Å². The van der Waals surface area contributed by atoms with E-state index in [0.717, 1.165) is 34.7 Å². The van der Waals surface area contributed by atoms with Gasteiger partial charge in [0.2, 0.25) is 0 Å². The van der Waals surface area contributed by atoms with Crippen molar-refractivity contribution in [1.82, 2.24) is 9.55 Å². The lowest BCUT2D eigenvalue weighted by Crippen LogP contribution is -2.11. The van der Waals surface area contributed by atoms with E-state index in [0.29, 0.717) is 11.4 Å². The molecule has 116 valence electrons. The van der Waals surface area contributed by atoms with Crippen LogP contribution >= 0.6 is 12.2 Å². The summed E-state index contributed by atoms with van der Waals surface area (Å²) in [5.74, 6) is 0.976. The van der Waals surface area contributed by atoms with Gasteiger partial charge < -0.3 is 16.0 Å². The highest BCUT2D eigenvalue weighted by molar-refractivity contribution is 7.80. The Bertz CT molecular complexity index is 838. The Morgan fingerprint density at radius 3 is 2.74 bits per heavy atom. The molecule has 0 amide bonds. The number of benzene rings is 2. The summed E-state index contributed by atoms with van der Waals surface area (Å²) in [5, 5.41) is 0. The molecule has 0 saturated heterocycles. The summed E-state index contributed by atoms with van der Waals surface area (Å²) in [6, 6.07) is 15.8. The van der Waals surface area contributed by atoms with Crippen LogP contribution in [0.2, 0.25) is 0 Å². The number of rotatable bonds is 5. The van der Waals surface area contributed by atoms with Crippen molar-refractivity contribution in [2.24, 2.45) is 5.73 Å². The third-order valence-corrected chi connectivity index (χ3v) is 4.01. The Hall–Kier alpha value is -2.66. The molecule has 4 N–H and O–H groups in total. The minimum atomic E-state index is 0.412. The molecule has 0 fully saturated rings. The minimum Gasteiger partial charge on any atom is -0.398 e. The summed E-state index contributed by atoms with van der Waals surface area (Å²) in [5.41, 5.74) is 15.6. The van der Waals surface area contributed by atoms with E-state index in [-0.39, 0.29) is 0 Å². The molecule has 0 aliphatic rings. The fourth-order valence-corrected chi connectivity index (χ4v) is 2.66. The van der Waals surface area contributed by atoms with Crippen LogP contribution in [0.15, 0.2) is 60.9 Å². The van der Waals surface area contributed by atoms with Crippen molar-refractivity contribution in [2.45, 2.75) is 13.0 Å². The van der Waals surface area contributed by atoms with E-state index in [4.69, 9.17) is 23.7 Å². The highest BCUT2D eigenvalue weighted by Crippen LogP contribution is 2.16. The first kappa shape index (κ1) is 15.2. The van der Waals surface area contributed by atoms with Crippen LogP contribution < -0.4 is 11.5 Å². The average molecular weight is 322 g/mol. The van der Waals surface area contributed by atoms with E-state index in [1.165, 1.54) is 0 Å². The van der Waals surface area contributed by atoms with Crippen molar-refractivity contribution >= 4 is 22.9 Å². The van der Waals surface area contributed by atoms with Gasteiger partial charge in [-0.15, -0.1) is 0 Å². The molecule has 23 heavy (non-hydrogen) atoms. The Kier molecular flexibility index (Phi) is 4.39. The molecule has 3 rings (SSSR count). The van der Waals surface area contributed by atoms with E-state index in [1.54, 1.807) is 0 Å². The number of hydrogen-bond acceptors (Lipinski definition) is 3. The highest BCUT2D eigenvalue weighted by atomic mass is 32.1. The first-order valence-corrected chi connectivity index (χ1v) is 7.76. The number of aromatic nitrogens is 2. The predicted octanol–water partition coefficient (Wildman–Crippen LogP) is 2.74. The lowest BCUT2D eigenvalue weighted by molar-refractivity contribution is 0.741. The van der Waals surface area contributed by atoms with Crippen LogP contribution in [0.5, 0.6) is 0 Å². The van der Waals surface area contributed by atoms with Gasteiger partial charge in [0.05, 0.1) is 0 Å². The maximum Gasteiger partial charge on any atom is 0.113 e. The Balaban J connectivity index is 1.83. The Morgan fingerprint density at radius 1 is 1.13 bits per heavy atom. The van der Waals surface area contributed by atoms with Crippen LogP contribution in [-0.4, -0.2) is 14.5 Å². The number of hydrogen-bond donors (Lipinski definition) is 2. The van der Waals surface area contributed by atoms with Crippen LogP contribution in [0.3, 0.4) is 0 Å². The molecule has 1 aromatic heterocycles. The summed E-state index contributed by atoms with van der Waals surface area (Å²) in [6.07, 6.45) is 4.49. The quantitative estimate of drug-likeness (QED) is 0.560. The number of anilines is 1. The minimum absolute atomic E-state index is 0.412. The fourth-order valence-electron chi connectivity index (χ4n) is 2.54. The number of nitrogens with two attached hydrogens (primary N) is 2. The summed E-state index contributed by atoms with van der Waals surface area (Å²) in [4.78, 5) is 4.88. The smallest absolute Gasteiger partial charge is 0.113 e. The molecule has 4 nitrogen and oxygen atoms in total. The molecule has 0 saturated carbocycles. The number of thiocarbonyl (C=S) groups is 1. The van der Waals surface area contributed by atoms with Gasteiger partial charge >= 0.3 is 0 Å². The standard InChI is InChI=1S/C18H18N4S/c19-16-7-2-1-5-14(16)11-17-21-8-9-22(17)12-13-4-3-6-15(10-13)18(20)23/h1-10H,11-12,19H2,(H2,20,23). The molecule has 1 heterocycles. The first-order valence-electron chi connectivity index (χ1n) is 7.35. The lowest BCUT2D eigenvalue weighted by Gasteiger charge is -2.10. The van der Waals surface area contributed by atoms with E-state index in [1.807, 2.05) is 54.9 Å². The number of nitrogens with zero attached hydrogens (tertiary/aromatic N) is 2. The van der Waals surface area contributed by atoms with E-state index in [9.17, 15) is 0 Å². The molecule has 0 radical (unpaired) electrons. The van der Waals surface area contributed by atoms with E-state index < -0.39 is 0 Å². The van der Waals surface area contributed by atoms with Gasteiger partial charge in [0, 0.05) is 36.6 Å². The molecule has 0 aliphatic heterocycles. The Labute approximate surface area is 140 Å². The molecular weight excluding hydrogens is 304 g/mol. The van der Waals surface area contributed by atoms with Gasteiger partial charge in [0.15, 0.2) is 0 Å². The van der Waals surface area contributed by atoms with Gasteiger partial charge in [-0.2, -0.15) is 0 Å². The maximum atomic E-state index is 6.03. The topological polar surface area (TPSA) is 69.9 Å². The summed E-state index contributed by atoms with van der Waals surface area (Å²) in [6.45, 7) is 0.721. The van der Waals surface area contributed by atoms with Crippen molar-refractivity contribution in [2.75, 3.05) is 5.73 Å². The second kappa shape index (κ2) is 6.62. The number of imidazole rings is 1. The second-order valence-corrected chi connectivity index (χ2v) is 5.85. The third kappa shape index (κ3) is 3.57. The van der Waals surface area contributed by atoms with E-state index in [2.05, 4.69) is 15.6 Å². The molecule has 0 aliphatic carbocycles. The SMILES string of the molecule is NC(=S)c1cccc(Cn2ccnc2Cc2ccccc2N)c1. The zero-order valence-electron chi connectivity index (χ0n) is 12.6. The summed E-state index contributed by atoms with van der Waals surface area (Å²) in [7, 11) is 0. The number of nitrogen functional groups attached to an aromatic ring is 1. The highest BCUT2D eigenvalue weighted by Gasteiger charge is 2.07. The zero-order valence-corrected chi connectivity index (χ0v) is 13.5. The van der Waals surface area contributed by atoms with Crippen LogP contribution in [0.25, 0.3) is 0 Å². The Morgan fingerprint density at radius 2 is 1.96 bits per heavy atom. The summed E-state index contributed by atoms with van der Waals surface area (Å²) < 4.78 is 2.12. The molecule has 0 unspecified atom stereocenters. The first-order chi connectivity index (χ1) is 11.1. The van der Waals surface area contributed by atoms with Gasteiger partial charge in [-0.05, 0) is 23.3 Å². The summed E-state index contributed by atoms with van der Waals surface area (Å²) >= 11 is 5.04. The van der Waals surface area contributed by atoms with Crippen molar-refractivity contribution < 1.29 is 0 Å². The molecule has 5 heteroatoms. The molecule has 3 aromatic rings. The van der Waals surface area contributed by atoms with Gasteiger partial charge in [0.25, 0.3) is 0 Å². The van der Waals surface area contributed by atoms with Crippen molar-refractivity contribution in [3.05, 3.63) is 83.4 Å². The van der Waals surface area contributed by atoms with E-state index >= 15 is 0 Å². The lowest BCUT2D eigenvalue weighted by atomic mass is 10.1. The largest absolute Gasteiger partial charge is 0.398 e. The average Bonchev–Trinajstić information content (AvgIpc) is 2.97. The second-order valence-electron chi connectivity index (χ2n) is 5.41.